The van der Waals surface area contributed by atoms with Gasteiger partial charge in [-0.25, -0.2) is 14.3 Å². The molecule has 0 fully saturated rings. The van der Waals surface area contributed by atoms with Crippen molar-refractivity contribution >= 4 is 23.5 Å². The highest BCUT2D eigenvalue weighted by Crippen LogP contribution is 2.33. The summed E-state index contributed by atoms with van der Waals surface area (Å²) in [7, 11) is 2.51. The smallest absolute Gasteiger partial charge is 0.357 e. The third kappa shape index (κ3) is 3.39. The number of para-hydroxylation sites is 1. The zero-order valence-electron chi connectivity index (χ0n) is 15.9. The molecule has 6 nitrogen and oxygen atoms in total. The minimum Gasteiger partial charge on any atom is -0.465 e. The first-order valence-electron chi connectivity index (χ1n) is 8.51. The van der Waals surface area contributed by atoms with Crippen LogP contribution in [0.1, 0.15) is 32.0 Å². The Kier molecular flexibility index (Phi) is 5.51. The van der Waals surface area contributed by atoms with Crippen LogP contribution < -0.4 is 0 Å². The Labute approximate surface area is 167 Å². The van der Waals surface area contributed by atoms with Crippen LogP contribution in [0, 0.1) is 13.8 Å². The van der Waals surface area contributed by atoms with Gasteiger partial charge in [0.05, 0.1) is 19.9 Å². The van der Waals surface area contributed by atoms with Gasteiger partial charge in [-0.05, 0) is 49.2 Å². The van der Waals surface area contributed by atoms with E-state index < -0.39 is 11.9 Å². The predicted molar refractivity (Wildman–Crippen MR) is 106 cm³/mol. The van der Waals surface area contributed by atoms with Crippen LogP contribution in [0.25, 0.3) is 16.9 Å². The lowest BCUT2D eigenvalue weighted by molar-refractivity contribution is 0.0549. The lowest BCUT2D eigenvalue weighted by Crippen LogP contribution is -2.15. The Bertz CT molecular complexity index is 1060. The molecule has 0 spiro atoms. The maximum absolute atomic E-state index is 12.6. The zero-order valence-corrected chi connectivity index (χ0v) is 16.7. The predicted octanol–water partition coefficient (Wildman–Crippen LogP) is 4.38. The van der Waals surface area contributed by atoms with Crippen LogP contribution in [-0.4, -0.2) is 35.9 Å². The molecule has 0 unspecified atom stereocenters. The van der Waals surface area contributed by atoms with Gasteiger partial charge in [0.2, 0.25) is 0 Å². The Balaban J connectivity index is 2.40. The van der Waals surface area contributed by atoms with E-state index in [-0.39, 0.29) is 11.3 Å². The molecule has 0 saturated carbocycles. The van der Waals surface area contributed by atoms with Gasteiger partial charge in [-0.15, -0.1) is 0 Å². The number of ether oxygens (including phenoxy) is 2. The zero-order chi connectivity index (χ0) is 20.4. The van der Waals surface area contributed by atoms with Crippen LogP contribution in [0.5, 0.6) is 0 Å². The average Bonchev–Trinajstić information content (AvgIpc) is 3.10. The number of methoxy groups -OCH3 is 2. The summed E-state index contributed by atoms with van der Waals surface area (Å²) in [6, 6.07) is 12.7. The van der Waals surface area contributed by atoms with E-state index in [1.165, 1.54) is 18.9 Å². The van der Waals surface area contributed by atoms with Gasteiger partial charge in [0, 0.05) is 10.6 Å². The number of hydrogen-bond donors (Lipinski definition) is 0. The number of rotatable bonds is 4. The first-order valence-corrected chi connectivity index (χ1v) is 8.89. The van der Waals surface area contributed by atoms with Crippen molar-refractivity contribution in [3.05, 3.63) is 69.9 Å². The van der Waals surface area contributed by atoms with Crippen molar-refractivity contribution in [3.8, 4) is 16.9 Å². The molecule has 1 heterocycles. The first kappa shape index (κ1) is 19.6. The van der Waals surface area contributed by atoms with Crippen molar-refractivity contribution in [2.24, 2.45) is 0 Å². The molecule has 0 aliphatic heterocycles. The molecular weight excluding hydrogens is 380 g/mol. The number of aryl methyl sites for hydroxylation is 2. The maximum Gasteiger partial charge on any atom is 0.357 e. The molecule has 0 aliphatic rings. The fraction of sp³-hybridized carbons (Fsp3) is 0.190. The number of halogens is 1. The van der Waals surface area contributed by atoms with Crippen LogP contribution >= 0.6 is 11.6 Å². The summed E-state index contributed by atoms with van der Waals surface area (Å²) in [5.41, 5.74) is 3.31. The Morgan fingerprint density at radius 1 is 0.964 bits per heavy atom. The van der Waals surface area contributed by atoms with Crippen LogP contribution in [0.2, 0.25) is 5.02 Å². The van der Waals surface area contributed by atoms with Crippen LogP contribution in [0.15, 0.2) is 42.5 Å². The van der Waals surface area contributed by atoms with Crippen molar-refractivity contribution in [1.29, 1.82) is 0 Å². The maximum atomic E-state index is 12.6. The summed E-state index contributed by atoms with van der Waals surface area (Å²) in [5, 5.41) is 5.20. The normalized spacial score (nSPS) is 10.6. The molecule has 0 N–H and O–H groups in total. The van der Waals surface area contributed by atoms with Crippen LogP contribution in [0.3, 0.4) is 0 Å². The summed E-state index contributed by atoms with van der Waals surface area (Å²) < 4.78 is 11.3. The molecule has 7 heteroatoms. The monoisotopic (exact) mass is 398 g/mol. The molecule has 0 aliphatic carbocycles. The second-order valence-corrected chi connectivity index (χ2v) is 6.63. The molecule has 2 aromatic carbocycles. The van der Waals surface area contributed by atoms with Gasteiger partial charge in [0.15, 0.2) is 5.69 Å². The molecule has 0 radical (unpaired) electrons. The summed E-state index contributed by atoms with van der Waals surface area (Å²) in [6.45, 7) is 3.72. The van der Waals surface area contributed by atoms with Crippen LogP contribution in [0.4, 0.5) is 0 Å². The highest BCUT2D eigenvalue weighted by Gasteiger charge is 2.31. The molecule has 0 amide bonds. The molecule has 28 heavy (non-hydrogen) atoms. The largest absolute Gasteiger partial charge is 0.465 e. The van der Waals surface area contributed by atoms with E-state index in [2.05, 4.69) is 5.10 Å². The third-order valence-corrected chi connectivity index (χ3v) is 4.82. The van der Waals surface area contributed by atoms with Gasteiger partial charge in [0.1, 0.15) is 11.3 Å². The van der Waals surface area contributed by atoms with Gasteiger partial charge >= 0.3 is 11.9 Å². The van der Waals surface area contributed by atoms with E-state index in [0.717, 1.165) is 11.1 Å². The molecule has 3 rings (SSSR count). The lowest BCUT2D eigenvalue weighted by atomic mass is 9.99. The van der Waals surface area contributed by atoms with E-state index in [9.17, 15) is 9.59 Å². The van der Waals surface area contributed by atoms with E-state index in [1.54, 1.807) is 18.2 Å². The van der Waals surface area contributed by atoms with Crippen molar-refractivity contribution in [2.45, 2.75) is 13.8 Å². The average molecular weight is 399 g/mol. The second kappa shape index (κ2) is 7.86. The van der Waals surface area contributed by atoms with Crippen molar-refractivity contribution in [1.82, 2.24) is 9.78 Å². The number of aromatic nitrogens is 2. The minimum atomic E-state index is -0.689. The van der Waals surface area contributed by atoms with Gasteiger partial charge in [-0.3, -0.25) is 0 Å². The Morgan fingerprint density at radius 3 is 2.21 bits per heavy atom. The van der Waals surface area contributed by atoms with Crippen molar-refractivity contribution in [3.63, 3.8) is 0 Å². The summed E-state index contributed by atoms with van der Waals surface area (Å²) in [5.74, 6) is -1.36. The molecule has 3 aromatic rings. The topological polar surface area (TPSA) is 70.4 Å². The quantitative estimate of drug-likeness (QED) is 0.610. The Morgan fingerprint density at radius 2 is 1.61 bits per heavy atom. The molecular formula is C21H19ClN2O4. The number of nitrogens with zero attached hydrogens (tertiary/aromatic N) is 2. The number of hydrogen-bond acceptors (Lipinski definition) is 5. The first-order chi connectivity index (χ1) is 13.4. The molecule has 0 bridgehead atoms. The van der Waals surface area contributed by atoms with E-state index in [4.69, 9.17) is 21.1 Å². The van der Waals surface area contributed by atoms with E-state index >= 15 is 0 Å². The van der Waals surface area contributed by atoms with Gasteiger partial charge in [-0.2, -0.15) is 5.10 Å². The van der Waals surface area contributed by atoms with Gasteiger partial charge in [0.25, 0.3) is 0 Å². The molecule has 0 saturated heterocycles. The number of carbonyl (C=O) groups is 2. The summed E-state index contributed by atoms with van der Waals surface area (Å²) >= 11 is 6.22. The third-order valence-electron chi connectivity index (χ3n) is 4.42. The molecule has 1 aromatic heterocycles. The Hall–Kier alpha value is -3.12. The minimum absolute atomic E-state index is 0.00236. The number of benzene rings is 2. The van der Waals surface area contributed by atoms with Gasteiger partial charge in [-0.1, -0.05) is 29.8 Å². The fourth-order valence-electron chi connectivity index (χ4n) is 2.98. The number of esters is 2. The fourth-order valence-corrected chi connectivity index (χ4v) is 3.20. The highest BCUT2D eigenvalue weighted by atomic mass is 35.5. The van der Waals surface area contributed by atoms with Crippen molar-refractivity contribution in [2.75, 3.05) is 14.2 Å². The summed E-state index contributed by atoms with van der Waals surface area (Å²) in [6.07, 6.45) is 0. The second-order valence-electron chi connectivity index (χ2n) is 6.22. The van der Waals surface area contributed by atoms with E-state index in [1.807, 2.05) is 38.1 Å². The summed E-state index contributed by atoms with van der Waals surface area (Å²) in [4.78, 5) is 25.2. The lowest BCUT2D eigenvalue weighted by Gasteiger charge is -2.08. The SMILES string of the molecule is COC(=O)c1c(-c2cc(C)c(Cl)cc2C)nn(-c2ccccc2)c1C(=O)OC. The molecule has 0 atom stereocenters. The van der Waals surface area contributed by atoms with Crippen molar-refractivity contribution < 1.29 is 19.1 Å². The standard InChI is InChI=1S/C21H19ClN2O4/c1-12-11-16(22)13(2)10-15(12)18-17(20(25)27-3)19(21(26)28-4)24(23-18)14-8-6-5-7-9-14/h5-11H,1-4H3. The van der Waals surface area contributed by atoms with Crippen LogP contribution in [-0.2, 0) is 9.47 Å². The van der Waals surface area contributed by atoms with Gasteiger partial charge < -0.3 is 9.47 Å². The highest BCUT2D eigenvalue weighted by molar-refractivity contribution is 6.31. The van der Waals surface area contributed by atoms with E-state index in [0.29, 0.717) is 22.0 Å². The molecule has 144 valence electrons. The number of carbonyl (C=O) groups excluding carboxylic acids is 2.